The highest BCUT2D eigenvalue weighted by Crippen LogP contribution is 2.20. The van der Waals surface area contributed by atoms with Crippen molar-refractivity contribution in [1.29, 1.82) is 0 Å². The number of hydrogen-bond donors (Lipinski definition) is 2. The van der Waals surface area contributed by atoms with Gasteiger partial charge in [-0.1, -0.05) is 39.7 Å². The molecule has 0 aromatic heterocycles. The lowest BCUT2D eigenvalue weighted by Crippen LogP contribution is -2.30. The summed E-state index contributed by atoms with van der Waals surface area (Å²) < 4.78 is 0.998. The van der Waals surface area contributed by atoms with Crippen molar-refractivity contribution in [3.05, 3.63) is 63.1 Å². The molecule has 5 heteroatoms. The number of hydrogen-bond acceptors (Lipinski definition) is 2. The average molecular weight is 382 g/mol. The predicted molar refractivity (Wildman–Crippen MR) is 95.4 cm³/mol. The summed E-state index contributed by atoms with van der Waals surface area (Å²) in [6, 6.07) is 13.5. The lowest BCUT2D eigenvalue weighted by atomic mass is 10.1. The van der Waals surface area contributed by atoms with Gasteiger partial charge >= 0.3 is 0 Å². The largest absolute Gasteiger partial charge is 0.325 e. The fraction of sp³-hybridized carbons (Fsp3) is 0.235. The van der Waals surface area contributed by atoms with Crippen LogP contribution in [0.5, 0.6) is 0 Å². The van der Waals surface area contributed by atoms with Gasteiger partial charge in [-0.05, 0) is 55.3 Å². The van der Waals surface area contributed by atoms with Crippen LogP contribution in [-0.4, -0.2) is 12.5 Å². The number of rotatable bonds is 5. The first kappa shape index (κ1) is 17.0. The van der Waals surface area contributed by atoms with Gasteiger partial charge in [0.25, 0.3) is 0 Å². The van der Waals surface area contributed by atoms with Crippen LogP contribution in [0.1, 0.15) is 24.1 Å². The monoisotopic (exact) mass is 380 g/mol. The number of benzene rings is 2. The summed E-state index contributed by atoms with van der Waals surface area (Å²) in [6.07, 6.45) is 0. The molecule has 2 rings (SSSR count). The molecule has 0 radical (unpaired) electrons. The van der Waals surface area contributed by atoms with Gasteiger partial charge in [0, 0.05) is 21.2 Å². The summed E-state index contributed by atoms with van der Waals surface area (Å²) in [4.78, 5) is 12.0. The Kier molecular flexibility index (Phi) is 6.00. The van der Waals surface area contributed by atoms with Gasteiger partial charge in [0.2, 0.25) is 5.91 Å². The smallest absolute Gasteiger partial charge is 0.238 e. The molecule has 0 bridgehead atoms. The van der Waals surface area contributed by atoms with E-state index in [2.05, 4.69) is 26.6 Å². The van der Waals surface area contributed by atoms with Crippen molar-refractivity contribution < 1.29 is 4.79 Å². The fourth-order valence-electron chi connectivity index (χ4n) is 2.08. The van der Waals surface area contributed by atoms with E-state index in [9.17, 15) is 4.79 Å². The Morgan fingerprint density at radius 3 is 2.55 bits per heavy atom. The maximum absolute atomic E-state index is 12.0. The molecule has 22 heavy (non-hydrogen) atoms. The molecule has 1 atom stereocenters. The van der Waals surface area contributed by atoms with Crippen LogP contribution in [0.15, 0.2) is 46.9 Å². The summed E-state index contributed by atoms with van der Waals surface area (Å²) >= 11 is 9.28. The molecular formula is C17H18BrClN2O. The van der Waals surface area contributed by atoms with Crippen molar-refractivity contribution in [2.45, 2.75) is 19.9 Å². The molecule has 2 N–H and O–H groups in total. The number of carbonyl (C=O) groups is 1. The van der Waals surface area contributed by atoms with E-state index in [0.717, 1.165) is 21.3 Å². The van der Waals surface area contributed by atoms with Gasteiger partial charge in [0.1, 0.15) is 0 Å². The number of carbonyl (C=O) groups excluding carboxylic acids is 1. The number of amides is 1. The zero-order valence-corrected chi connectivity index (χ0v) is 14.8. The molecule has 0 heterocycles. The Morgan fingerprint density at radius 2 is 1.91 bits per heavy atom. The van der Waals surface area contributed by atoms with E-state index in [1.54, 1.807) is 0 Å². The van der Waals surface area contributed by atoms with Gasteiger partial charge in [-0.3, -0.25) is 4.79 Å². The van der Waals surface area contributed by atoms with Crippen LogP contribution in [0, 0.1) is 6.92 Å². The van der Waals surface area contributed by atoms with Gasteiger partial charge in [-0.25, -0.2) is 0 Å². The normalized spacial score (nSPS) is 12.0. The Bertz CT molecular complexity index is 658. The van der Waals surface area contributed by atoms with Gasteiger partial charge in [0.05, 0.1) is 6.54 Å². The summed E-state index contributed by atoms with van der Waals surface area (Å²) in [6.45, 7) is 4.23. The zero-order chi connectivity index (χ0) is 16.1. The van der Waals surface area contributed by atoms with Crippen LogP contribution < -0.4 is 10.6 Å². The van der Waals surface area contributed by atoms with Gasteiger partial charge in [-0.2, -0.15) is 0 Å². The highest BCUT2D eigenvalue weighted by Gasteiger charge is 2.09. The number of halogens is 2. The molecule has 0 saturated carbocycles. The lowest BCUT2D eigenvalue weighted by molar-refractivity contribution is -0.115. The summed E-state index contributed by atoms with van der Waals surface area (Å²) in [5, 5.41) is 6.82. The van der Waals surface area contributed by atoms with Crippen molar-refractivity contribution >= 4 is 39.1 Å². The topological polar surface area (TPSA) is 41.1 Å². The van der Waals surface area contributed by atoms with Crippen LogP contribution in [0.25, 0.3) is 0 Å². The van der Waals surface area contributed by atoms with Crippen molar-refractivity contribution in [3.63, 3.8) is 0 Å². The molecule has 0 aliphatic carbocycles. The molecule has 2 aromatic carbocycles. The molecule has 2 aromatic rings. The molecular weight excluding hydrogens is 364 g/mol. The number of aryl methyl sites for hydroxylation is 1. The van der Waals surface area contributed by atoms with Crippen LogP contribution in [0.2, 0.25) is 5.02 Å². The van der Waals surface area contributed by atoms with Crippen molar-refractivity contribution in [2.24, 2.45) is 0 Å². The third-order valence-electron chi connectivity index (χ3n) is 3.40. The molecule has 0 fully saturated rings. The van der Waals surface area contributed by atoms with E-state index >= 15 is 0 Å². The minimum Gasteiger partial charge on any atom is -0.325 e. The quantitative estimate of drug-likeness (QED) is 0.788. The standard InChI is InChI=1S/C17H18BrClN2O/c1-11-9-14(18)5-8-16(11)21-17(22)10-20-12(2)13-3-6-15(19)7-4-13/h3-9,12,20H,10H2,1-2H3,(H,21,22)/t12-/m0/s1. The number of nitrogens with one attached hydrogen (secondary N) is 2. The Balaban J connectivity index is 1.88. The zero-order valence-electron chi connectivity index (χ0n) is 12.5. The third kappa shape index (κ3) is 4.83. The van der Waals surface area contributed by atoms with Crippen LogP contribution in [0.3, 0.4) is 0 Å². The second-order valence-corrected chi connectivity index (χ2v) is 6.51. The van der Waals surface area contributed by atoms with Gasteiger partial charge < -0.3 is 10.6 Å². The molecule has 3 nitrogen and oxygen atoms in total. The minimum atomic E-state index is -0.0637. The molecule has 0 saturated heterocycles. The van der Waals surface area contributed by atoms with Crippen molar-refractivity contribution in [2.75, 3.05) is 11.9 Å². The molecule has 1 amide bonds. The lowest BCUT2D eigenvalue weighted by Gasteiger charge is -2.15. The molecule has 116 valence electrons. The molecule has 0 spiro atoms. The van der Waals surface area contributed by atoms with Crippen LogP contribution in [-0.2, 0) is 4.79 Å². The van der Waals surface area contributed by atoms with E-state index in [1.165, 1.54) is 0 Å². The maximum Gasteiger partial charge on any atom is 0.238 e. The second-order valence-electron chi connectivity index (χ2n) is 5.16. The Morgan fingerprint density at radius 1 is 1.23 bits per heavy atom. The molecule has 0 unspecified atom stereocenters. The summed E-state index contributed by atoms with van der Waals surface area (Å²) in [5.41, 5.74) is 2.94. The summed E-state index contributed by atoms with van der Waals surface area (Å²) in [5.74, 6) is -0.0637. The highest BCUT2D eigenvalue weighted by atomic mass is 79.9. The van der Waals surface area contributed by atoms with E-state index < -0.39 is 0 Å². The molecule has 0 aliphatic heterocycles. The Hall–Kier alpha value is -1.36. The van der Waals surface area contributed by atoms with Crippen molar-refractivity contribution in [3.8, 4) is 0 Å². The SMILES string of the molecule is Cc1cc(Br)ccc1NC(=O)CN[C@@H](C)c1ccc(Cl)cc1. The first-order valence-electron chi connectivity index (χ1n) is 7.00. The molecule has 0 aliphatic rings. The maximum atomic E-state index is 12.0. The van der Waals surface area contributed by atoms with Gasteiger partial charge in [0.15, 0.2) is 0 Å². The predicted octanol–water partition coefficient (Wildman–Crippen LogP) is 4.70. The second kappa shape index (κ2) is 7.77. The van der Waals surface area contributed by atoms with Gasteiger partial charge in [-0.15, -0.1) is 0 Å². The minimum absolute atomic E-state index is 0.0637. The third-order valence-corrected chi connectivity index (χ3v) is 4.15. The van der Waals surface area contributed by atoms with E-state index in [4.69, 9.17) is 11.6 Å². The summed E-state index contributed by atoms with van der Waals surface area (Å²) in [7, 11) is 0. The fourth-order valence-corrected chi connectivity index (χ4v) is 2.68. The van der Waals surface area contributed by atoms with Crippen molar-refractivity contribution in [1.82, 2.24) is 5.32 Å². The van der Waals surface area contributed by atoms with E-state index in [0.29, 0.717) is 5.02 Å². The van der Waals surface area contributed by atoms with E-state index in [-0.39, 0.29) is 18.5 Å². The van der Waals surface area contributed by atoms with Crippen LogP contribution in [0.4, 0.5) is 5.69 Å². The van der Waals surface area contributed by atoms with Crippen LogP contribution >= 0.6 is 27.5 Å². The number of anilines is 1. The van der Waals surface area contributed by atoms with E-state index in [1.807, 2.05) is 56.3 Å². The first-order chi connectivity index (χ1) is 10.5. The highest BCUT2D eigenvalue weighted by molar-refractivity contribution is 9.10. The first-order valence-corrected chi connectivity index (χ1v) is 8.17. The Labute approximate surface area is 144 Å². The average Bonchev–Trinajstić information content (AvgIpc) is 2.48.